The number of H-pyrrole nitrogens is 2. The van der Waals surface area contributed by atoms with E-state index in [9.17, 15) is 18.0 Å². The van der Waals surface area contributed by atoms with E-state index in [0.717, 1.165) is 45.0 Å². The number of rotatable bonds is 9. The number of carbonyl (C=O) groups is 1. The van der Waals surface area contributed by atoms with Gasteiger partial charge in [0, 0.05) is 36.5 Å². The van der Waals surface area contributed by atoms with Crippen LogP contribution in [0.1, 0.15) is 21.7 Å². The maximum absolute atomic E-state index is 13.1. The highest BCUT2D eigenvalue weighted by molar-refractivity contribution is 7.13. The highest BCUT2D eigenvalue weighted by Crippen LogP contribution is 2.34. The van der Waals surface area contributed by atoms with Gasteiger partial charge in [0.25, 0.3) is 5.91 Å². The van der Waals surface area contributed by atoms with E-state index in [1.54, 1.807) is 19.4 Å². The lowest BCUT2D eigenvalue weighted by molar-refractivity contribution is -0.141. The number of thiazole rings is 1. The van der Waals surface area contributed by atoms with Crippen molar-refractivity contribution in [3.05, 3.63) is 71.0 Å². The molecule has 2 aromatic carbocycles. The molecule has 0 fully saturated rings. The highest BCUT2D eigenvalue weighted by Gasteiger charge is 2.33. The predicted molar refractivity (Wildman–Crippen MR) is 138 cm³/mol. The van der Waals surface area contributed by atoms with Crippen LogP contribution in [0.4, 0.5) is 18.9 Å². The lowest BCUT2D eigenvalue weighted by Gasteiger charge is -2.13. The standard InChI is InChI=1S/C25H22F3N7O2S/c1-37-6-5-29-11-14-3-2-4-15(7-14)17-8-16-12-30-33-18(16)9-19(17)31-23(36)21-13-38-24(32-21)20-10-22(35-34-20)25(26,27)28/h2-4,7-10,12-13,29H,5-6,11H2,1H3,(H,30,33)(H,31,36)(H,34,35). The second-order valence-corrected chi connectivity index (χ2v) is 9.24. The molecule has 5 aromatic rings. The predicted octanol–water partition coefficient (Wildman–Crippen LogP) is 5.08. The maximum atomic E-state index is 13.1. The molecular formula is C25H22F3N7O2S. The average molecular weight is 542 g/mol. The van der Waals surface area contributed by atoms with Crippen LogP contribution in [0, 0.1) is 0 Å². The summed E-state index contributed by atoms with van der Waals surface area (Å²) in [6.45, 7) is 1.97. The summed E-state index contributed by atoms with van der Waals surface area (Å²) < 4.78 is 43.8. The summed E-state index contributed by atoms with van der Waals surface area (Å²) >= 11 is 1.03. The number of anilines is 1. The minimum absolute atomic E-state index is 0.0110. The van der Waals surface area contributed by atoms with Crippen LogP contribution in [-0.2, 0) is 17.5 Å². The molecule has 0 saturated heterocycles. The molecule has 0 radical (unpaired) electrons. The van der Waals surface area contributed by atoms with Crippen LogP contribution < -0.4 is 10.6 Å². The average Bonchev–Trinajstić information content (AvgIpc) is 3.66. The largest absolute Gasteiger partial charge is 0.432 e. The first-order valence-corrected chi connectivity index (χ1v) is 12.4. The summed E-state index contributed by atoms with van der Waals surface area (Å²) in [7, 11) is 1.65. The van der Waals surface area contributed by atoms with Crippen molar-refractivity contribution in [2.24, 2.45) is 0 Å². The molecule has 0 aliphatic rings. The van der Waals surface area contributed by atoms with Crippen molar-refractivity contribution in [3.8, 4) is 21.8 Å². The lowest BCUT2D eigenvalue weighted by Crippen LogP contribution is -2.18. The number of amides is 1. The summed E-state index contributed by atoms with van der Waals surface area (Å²) in [5.41, 5.74) is 3.09. The Bertz CT molecular complexity index is 1570. The SMILES string of the molecule is COCCNCc1cccc(-c2cc3cn[nH]c3cc2NC(=O)c2csc(-c3cc(C(F)(F)F)[nH]n3)n2)c1. The van der Waals surface area contributed by atoms with E-state index >= 15 is 0 Å². The third-order valence-electron chi connectivity index (χ3n) is 5.72. The zero-order valence-corrected chi connectivity index (χ0v) is 20.8. The summed E-state index contributed by atoms with van der Waals surface area (Å²) in [6.07, 6.45) is -2.85. The Morgan fingerprint density at radius 2 is 2.03 bits per heavy atom. The van der Waals surface area contributed by atoms with Crippen molar-refractivity contribution in [2.45, 2.75) is 12.7 Å². The van der Waals surface area contributed by atoms with E-state index in [1.807, 2.05) is 35.4 Å². The third kappa shape index (κ3) is 5.59. The lowest BCUT2D eigenvalue weighted by atomic mass is 9.99. The van der Waals surface area contributed by atoms with Gasteiger partial charge in [0.15, 0.2) is 0 Å². The molecule has 3 aromatic heterocycles. The topological polar surface area (TPSA) is 121 Å². The van der Waals surface area contributed by atoms with Gasteiger partial charge in [-0.2, -0.15) is 23.4 Å². The molecule has 0 aliphatic carbocycles. The van der Waals surface area contributed by atoms with Gasteiger partial charge in [-0.25, -0.2) is 4.98 Å². The van der Waals surface area contributed by atoms with Crippen molar-refractivity contribution in [1.29, 1.82) is 0 Å². The van der Waals surface area contributed by atoms with Crippen LogP contribution in [-0.4, -0.2) is 51.5 Å². The number of nitrogens with zero attached hydrogens (tertiary/aromatic N) is 3. The summed E-state index contributed by atoms with van der Waals surface area (Å²) in [4.78, 5) is 17.3. The maximum Gasteiger partial charge on any atom is 0.432 e. The zero-order valence-electron chi connectivity index (χ0n) is 20.0. The Kier molecular flexibility index (Phi) is 7.22. The van der Waals surface area contributed by atoms with E-state index < -0.39 is 17.8 Å². The number of ether oxygens (including phenoxy) is 1. The first kappa shape index (κ1) is 25.6. The number of halogens is 3. The van der Waals surface area contributed by atoms with E-state index in [2.05, 4.69) is 30.9 Å². The van der Waals surface area contributed by atoms with Crippen molar-refractivity contribution in [3.63, 3.8) is 0 Å². The second kappa shape index (κ2) is 10.7. The van der Waals surface area contributed by atoms with Crippen LogP contribution in [0.3, 0.4) is 0 Å². The number of hydrogen-bond acceptors (Lipinski definition) is 7. The second-order valence-electron chi connectivity index (χ2n) is 8.38. The van der Waals surface area contributed by atoms with Gasteiger partial charge in [0.05, 0.1) is 24.0 Å². The molecule has 0 unspecified atom stereocenters. The van der Waals surface area contributed by atoms with Crippen LogP contribution in [0.2, 0.25) is 0 Å². The molecule has 13 heteroatoms. The number of fused-ring (bicyclic) bond motifs is 1. The number of aromatic amines is 2. The van der Waals surface area contributed by atoms with Crippen LogP contribution in [0.5, 0.6) is 0 Å². The number of methoxy groups -OCH3 is 1. The van der Waals surface area contributed by atoms with Crippen LogP contribution in [0.15, 0.2) is 54.0 Å². The van der Waals surface area contributed by atoms with Crippen molar-refractivity contribution in [2.75, 3.05) is 25.6 Å². The van der Waals surface area contributed by atoms with Gasteiger partial charge in [-0.15, -0.1) is 11.3 Å². The molecule has 4 N–H and O–H groups in total. The van der Waals surface area contributed by atoms with E-state index in [-0.39, 0.29) is 16.4 Å². The Labute approximate surface area is 218 Å². The summed E-state index contributed by atoms with van der Waals surface area (Å²) in [5, 5.41) is 21.4. The molecule has 0 bridgehead atoms. The van der Waals surface area contributed by atoms with E-state index in [1.165, 1.54) is 5.38 Å². The van der Waals surface area contributed by atoms with Gasteiger partial charge in [0.1, 0.15) is 22.1 Å². The smallest absolute Gasteiger partial charge is 0.383 e. The number of alkyl halides is 3. The van der Waals surface area contributed by atoms with E-state index in [0.29, 0.717) is 25.4 Å². The minimum atomic E-state index is -4.55. The molecule has 196 valence electrons. The molecule has 9 nitrogen and oxygen atoms in total. The normalized spacial score (nSPS) is 11.8. The van der Waals surface area contributed by atoms with Crippen molar-refractivity contribution in [1.82, 2.24) is 30.7 Å². The van der Waals surface area contributed by atoms with Gasteiger partial charge in [-0.1, -0.05) is 18.2 Å². The zero-order chi connectivity index (χ0) is 26.7. The molecule has 0 aliphatic heterocycles. The minimum Gasteiger partial charge on any atom is -0.383 e. The first-order valence-electron chi connectivity index (χ1n) is 11.5. The van der Waals surface area contributed by atoms with Crippen molar-refractivity contribution < 1.29 is 22.7 Å². The summed E-state index contributed by atoms with van der Waals surface area (Å²) in [5.74, 6) is -0.503. The van der Waals surface area contributed by atoms with Crippen LogP contribution in [0.25, 0.3) is 32.7 Å². The highest BCUT2D eigenvalue weighted by atomic mass is 32.1. The van der Waals surface area contributed by atoms with Gasteiger partial charge in [-0.3, -0.25) is 15.0 Å². The fraction of sp³-hybridized carbons (Fsp3) is 0.200. The molecule has 0 saturated carbocycles. The number of benzene rings is 2. The summed E-state index contributed by atoms with van der Waals surface area (Å²) in [6, 6.07) is 12.5. The number of hydrogen-bond donors (Lipinski definition) is 4. The molecule has 5 rings (SSSR count). The Balaban J connectivity index is 1.41. The van der Waals surface area contributed by atoms with Crippen LogP contribution >= 0.6 is 11.3 Å². The van der Waals surface area contributed by atoms with Gasteiger partial charge >= 0.3 is 6.18 Å². The number of nitrogens with one attached hydrogen (secondary N) is 4. The van der Waals surface area contributed by atoms with E-state index in [4.69, 9.17) is 4.74 Å². The fourth-order valence-corrected chi connectivity index (χ4v) is 4.61. The molecule has 0 spiro atoms. The quantitative estimate of drug-likeness (QED) is 0.193. The third-order valence-corrected chi connectivity index (χ3v) is 6.58. The van der Waals surface area contributed by atoms with Gasteiger partial charge in [-0.05, 0) is 35.4 Å². The van der Waals surface area contributed by atoms with Crippen molar-refractivity contribution >= 4 is 33.8 Å². The fourth-order valence-electron chi connectivity index (χ4n) is 3.85. The molecular weight excluding hydrogens is 519 g/mol. The first-order chi connectivity index (χ1) is 18.3. The van der Waals surface area contributed by atoms with Gasteiger partial charge < -0.3 is 15.4 Å². The molecule has 1 amide bonds. The Morgan fingerprint density at radius 3 is 2.82 bits per heavy atom. The Hall–Kier alpha value is -4.07. The number of carbonyl (C=O) groups excluding carboxylic acids is 1. The monoisotopic (exact) mass is 541 g/mol. The molecule has 0 atom stereocenters. The number of aromatic nitrogens is 5. The van der Waals surface area contributed by atoms with Gasteiger partial charge in [0.2, 0.25) is 0 Å². The molecule has 38 heavy (non-hydrogen) atoms. The molecule has 3 heterocycles. The Morgan fingerprint density at radius 1 is 1.16 bits per heavy atom.